The molecule has 142 valence electrons. The van der Waals surface area contributed by atoms with E-state index in [9.17, 15) is 22.4 Å². The maximum atomic E-state index is 12.9. The number of carbonyl (C=O) groups excluding carboxylic acids is 1. The van der Waals surface area contributed by atoms with E-state index in [1.807, 2.05) is 0 Å². The van der Waals surface area contributed by atoms with Gasteiger partial charge in [-0.25, -0.2) is 8.78 Å². The average Bonchev–Trinajstić information content (AvgIpc) is 2.82. The van der Waals surface area contributed by atoms with Crippen molar-refractivity contribution in [2.75, 3.05) is 20.8 Å². The van der Waals surface area contributed by atoms with Crippen LogP contribution < -0.4 is 10.1 Å². The average molecular weight is 392 g/mol. The van der Waals surface area contributed by atoms with Crippen LogP contribution in [0.2, 0.25) is 0 Å². The topological polar surface area (TPSA) is 50.8 Å². The molecule has 1 heterocycles. The largest absolute Gasteiger partial charge is 0.496 e. The quantitative estimate of drug-likeness (QED) is 0.439. The van der Waals surface area contributed by atoms with E-state index in [1.165, 1.54) is 25.1 Å². The molecule has 1 aliphatic rings. The standard InChI is InChI=1S/C16H16F4N2O3S/c1-22-13(23)11(21-15(22)26)6-9-3-4-12(24-2)10(5-9)7-25-8-16(19,20)14(17)18/h3-6,14H,7-8H2,1-2H3,(H,21,26)/b11-6+. The Kier molecular flexibility index (Phi) is 6.19. The van der Waals surface area contributed by atoms with Crippen molar-refractivity contribution in [2.45, 2.75) is 19.0 Å². The second kappa shape index (κ2) is 8.00. The minimum atomic E-state index is -4.23. The minimum Gasteiger partial charge on any atom is -0.496 e. The van der Waals surface area contributed by atoms with Gasteiger partial charge in [0.25, 0.3) is 5.91 Å². The van der Waals surface area contributed by atoms with Gasteiger partial charge in [0.1, 0.15) is 18.1 Å². The Morgan fingerprint density at radius 1 is 1.38 bits per heavy atom. The first-order valence-corrected chi connectivity index (χ1v) is 7.78. The van der Waals surface area contributed by atoms with Crippen LogP contribution in [0.15, 0.2) is 23.9 Å². The number of amides is 1. The number of hydrogen-bond donors (Lipinski definition) is 1. The fraction of sp³-hybridized carbons (Fsp3) is 0.375. The van der Waals surface area contributed by atoms with Crippen LogP contribution in [0.5, 0.6) is 5.75 Å². The zero-order valence-electron chi connectivity index (χ0n) is 13.9. The number of nitrogens with one attached hydrogen (secondary N) is 1. The van der Waals surface area contributed by atoms with Gasteiger partial charge in [0, 0.05) is 12.6 Å². The monoisotopic (exact) mass is 392 g/mol. The van der Waals surface area contributed by atoms with Gasteiger partial charge in [-0.2, -0.15) is 8.78 Å². The number of thiocarbonyl (C=S) groups is 1. The van der Waals surface area contributed by atoms with Crippen LogP contribution in [-0.4, -0.2) is 49.0 Å². The Bertz CT molecular complexity index is 740. The van der Waals surface area contributed by atoms with Crippen molar-refractivity contribution in [1.29, 1.82) is 0 Å². The van der Waals surface area contributed by atoms with E-state index in [1.54, 1.807) is 18.2 Å². The van der Waals surface area contributed by atoms with Crippen molar-refractivity contribution in [3.05, 3.63) is 35.0 Å². The number of benzene rings is 1. The number of rotatable bonds is 7. The molecule has 0 aromatic heterocycles. The molecule has 0 aliphatic carbocycles. The Morgan fingerprint density at radius 2 is 2.08 bits per heavy atom. The van der Waals surface area contributed by atoms with E-state index in [0.717, 1.165) is 0 Å². The number of nitrogens with zero attached hydrogens (tertiary/aromatic N) is 1. The summed E-state index contributed by atoms with van der Waals surface area (Å²) in [5.74, 6) is -4.21. The van der Waals surface area contributed by atoms with Gasteiger partial charge in [-0.3, -0.25) is 9.69 Å². The predicted octanol–water partition coefficient (Wildman–Crippen LogP) is 2.80. The van der Waals surface area contributed by atoms with E-state index >= 15 is 0 Å². The molecule has 2 rings (SSSR count). The summed E-state index contributed by atoms with van der Waals surface area (Å²) in [4.78, 5) is 13.2. The molecule has 1 aromatic rings. The highest BCUT2D eigenvalue weighted by Crippen LogP contribution is 2.26. The number of likely N-dealkylation sites (N-methyl/N-ethyl adjacent to an activating group) is 1. The highest BCUT2D eigenvalue weighted by Gasteiger charge is 2.41. The fourth-order valence-corrected chi connectivity index (χ4v) is 2.34. The van der Waals surface area contributed by atoms with Gasteiger partial charge < -0.3 is 14.8 Å². The van der Waals surface area contributed by atoms with E-state index in [4.69, 9.17) is 21.7 Å². The number of carbonyl (C=O) groups is 1. The summed E-state index contributed by atoms with van der Waals surface area (Å²) >= 11 is 4.97. The molecular formula is C16H16F4N2O3S. The zero-order valence-corrected chi connectivity index (χ0v) is 14.7. The Hall–Kier alpha value is -2.20. The highest BCUT2D eigenvalue weighted by atomic mass is 32.1. The van der Waals surface area contributed by atoms with Crippen molar-refractivity contribution in [1.82, 2.24) is 10.2 Å². The van der Waals surface area contributed by atoms with Crippen molar-refractivity contribution < 1.29 is 31.8 Å². The molecule has 1 aliphatic heterocycles. The lowest BCUT2D eigenvalue weighted by atomic mass is 10.1. The summed E-state index contributed by atoms with van der Waals surface area (Å²) < 4.78 is 60.0. The summed E-state index contributed by atoms with van der Waals surface area (Å²) in [5.41, 5.74) is 1.17. The van der Waals surface area contributed by atoms with Crippen LogP contribution in [0.1, 0.15) is 11.1 Å². The van der Waals surface area contributed by atoms with Crippen molar-refractivity contribution >= 4 is 29.3 Å². The van der Waals surface area contributed by atoms with Gasteiger partial charge in [-0.1, -0.05) is 6.07 Å². The van der Waals surface area contributed by atoms with Crippen molar-refractivity contribution in [2.24, 2.45) is 0 Å². The van der Waals surface area contributed by atoms with Crippen LogP contribution >= 0.6 is 12.2 Å². The third-order valence-electron chi connectivity index (χ3n) is 3.57. The molecule has 1 saturated heterocycles. The maximum absolute atomic E-state index is 12.9. The fourth-order valence-electron chi connectivity index (χ4n) is 2.15. The summed E-state index contributed by atoms with van der Waals surface area (Å²) in [7, 11) is 2.90. The maximum Gasteiger partial charge on any atom is 0.330 e. The normalized spacial score (nSPS) is 16.6. The lowest BCUT2D eigenvalue weighted by molar-refractivity contribution is -0.168. The Balaban J connectivity index is 2.16. The summed E-state index contributed by atoms with van der Waals surface area (Å²) in [6.45, 7) is -1.78. The summed E-state index contributed by atoms with van der Waals surface area (Å²) in [6, 6.07) is 4.74. The number of alkyl halides is 4. The highest BCUT2D eigenvalue weighted by molar-refractivity contribution is 7.80. The van der Waals surface area contributed by atoms with Crippen LogP contribution in [0.25, 0.3) is 6.08 Å². The molecule has 1 fully saturated rings. The van der Waals surface area contributed by atoms with Crippen molar-refractivity contribution in [3.63, 3.8) is 0 Å². The molecule has 0 spiro atoms. The molecule has 1 amide bonds. The molecule has 5 nitrogen and oxygen atoms in total. The first-order chi connectivity index (χ1) is 12.2. The number of ether oxygens (including phenoxy) is 2. The molecule has 1 N–H and O–H groups in total. The zero-order chi connectivity index (χ0) is 19.5. The third-order valence-corrected chi connectivity index (χ3v) is 3.94. The van der Waals surface area contributed by atoms with Crippen LogP contribution in [0.3, 0.4) is 0 Å². The second-order valence-electron chi connectivity index (χ2n) is 5.48. The smallest absolute Gasteiger partial charge is 0.330 e. The van der Waals surface area contributed by atoms with Gasteiger partial charge in [0.2, 0.25) is 0 Å². The SMILES string of the molecule is COc1ccc(/C=C2/NC(=S)N(C)C2=O)cc1COCC(F)(F)C(F)F. The van der Waals surface area contributed by atoms with E-state index < -0.39 is 19.0 Å². The van der Waals surface area contributed by atoms with Gasteiger partial charge in [-0.15, -0.1) is 0 Å². The summed E-state index contributed by atoms with van der Waals surface area (Å²) in [6.07, 6.45) is -2.28. The van der Waals surface area contributed by atoms with E-state index in [-0.39, 0.29) is 23.3 Å². The molecule has 0 saturated carbocycles. The first-order valence-electron chi connectivity index (χ1n) is 7.37. The predicted molar refractivity (Wildman–Crippen MR) is 90.1 cm³/mol. The summed E-state index contributed by atoms with van der Waals surface area (Å²) in [5, 5.41) is 3.01. The second-order valence-corrected chi connectivity index (χ2v) is 5.86. The van der Waals surface area contributed by atoms with Crippen LogP contribution in [-0.2, 0) is 16.1 Å². The molecular weight excluding hydrogens is 376 g/mol. The van der Waals surface area contributed by atoms with E-state index in [0.29, 0.717) is 16.9 Å². The third kappa shape index (κ3) is 4.50. The Morgan fingerprint density at radius 3 is 2.62 bits per heavy atom. The molecule has 0 bridgehead atoms. The number of methoxy groups -OCH3 is 1. The molecule has 10 heteroatoms. The van der Waals surface area contributed by atoms with Crippen LogP contribution in [0.4, 0.5) is 17.6 Å². The number of hydrogen-bond acceptors (Lipinski definition) is 4. The number of halogens is 4. The van der Waals surface area contributed by atoms with E-state index in [2.05, 4.69) is 5.32 Å². The van der Waals surface area contributed by atoms with Crippen molar-refractivity contribution in [3.8, 4) is 5.75 Å². The lowest BCUT2D eigenvalue weighted by Gasteiger charge is -2.16. The lowest BCUT2D eigenvalue weighted by Crippen LogP contribution is -2.32. The molecule has 0 radical (unpaired) electrons. The van der Waals surface area contributed by atoms with Crippen LogP contribution in [0, 0.1) is 0 Å². The molecule has 1 aromatic carbocycles. The van der Waals surface area contributed by atoms with Gasteiger partial charge >= 0.3 is 12.3 Å². The van der Waals surface area contributed by atoms with Gasteiger partial charge in [0.05, 0.1) is 13.7 Å². The molecule has 0 atom stereocenters. The Labute approximate surface area is 152 Å². The first kappa shape index (κ1) is 20.1. The molecule has 0 unspecified atom stereocenters. The molecule has 26 heavy (non-hydrogen) atoms. The van der Waals surface area contributed by atoms with Gasteiger partial charge in [0.15, 0.2) is 5.11 Å². The van der Waals surface area contributed by atoms with Gasteiger partial charge in [-0.05, 0) is 36.0 Å². The minimum absolute atomic E-state index is 0.249.